The average molecular weight is 238 g/mol. The second-order valence-electron chi connectivity index (χ2n) is 4.04. The van der Waals surface area contributed by atoms with E-state index in [4.69, 9.17) is 10.2 Å². The Morgan fingerprint density at radius 3 is 2.65 bits per heavy atom. The summed E-state index contributed by atoms with van der Waals surface area (Å²) in [7, 11) is 0. The van der Waals surface area contributed by atoms with Gasteiger partial charge in [-0.1, -0.05) is 6.92 Å². The molecule has 0 spiro atoms. The molecule has 0 aromatic carbocycles. The zero-order chi connectivity index (χ0) is 13.0. The van der Waals surface area contributed by atoms with Crippen LogP contribution in [-0.2, 0) is 0 Å². The lowest BCUT2D eigenvalue weighted by Crippen LogP contribution is -2.25. The molecule has 0 fully saturated rings. The van der Waals surface area contributed by atoms with E-state index in [0.717, 1.165) is 5.69 Å². The SMILES string of the molecule is CCC(CO)Nc1nc(C)cc(C)c1C(=O)O. The highest BCUT2D eigenvalue weighted by atomic mass is 16.4. The van der Waals surface area contributed by atoms with Crippen molar-refractivity contribution in [1.29, 1.82) is 0 Å². The third kappa shape index (κ3) is 3.17. The number of aromatic nitrogens is 1. The fraction of sp³-hybridized carbons (Fsp3) is 0.500. The van der Waals surface area contributed by atoms with Crippen molar-refractivity contribution in [3.05, 3.63) is 22.9 Å². The molecule has 0 aliphatic heterocycles. The lowest BCUT2D eigenvalue weighted by Gasteiger charge is -2.17. The molecular weight excluding hydrogens is 220 g/mol. The summed E-state index contributed by atoms with van der Waals surface area (Å²) >= 11 is 0. The summed E-state index contributed by atoms with van der Waals surface area (Å²) in [5.74, 6) is -0.679. The van der Waals surface area contributed by atoms with Gasteiger partial charge in [0.1, 0.15) is 11.4 Å². The van der Waals surface area contributed by atoms with Crippen LogP contribution in [0.2, 0.25) is 0 Å². The van der Waals surface area contributed by atoms with E-state index in [1.54, 1.807) is 13.0 Å². The Morgan fingerprint density at radius 2 is 2.18 bits per heavy atom. The molecule has 1 rings (SSSR count). The first-order chi connectivity index (χ1) is 7.99. The number of aryl methyl sites for hydroxylation is 2. The van der Waals surface area contributed by atoms with Crippen LogP contribution in [0.4, 0.5) is 5.82 Å². The number of hydrogen-bond acceptors (Lipinski definition) is 4. The van der Waals surface area contributed by atoms with Crippen molar-refractivity contribution in [2.24, 2.45) is 0 Å². The molecule has 94 valence electrons. The molecule has 17 heavy (non-hydrogen) atoms. The molecule has 0 saturated heterocycles. The summed E-state index contributed by atoms with van der Waals surface area (Å²) in [5, 5.41) is 21.2. The minimum Gasteiger partial charge on any atom is -0.478 e. The molecule has 1 unspecified atom stereocenters. The molecule has 1 heterocycles. The molecule has 0 aliphatic carbocycles. The topological polar surface area (TPSA) is 82.5 Å². The number of carboxylic acid groups (broad SMARTS) is 1. The van der Waals surface area contributed by atoms with E-state index in [2.05, 4.69) is 10.3 Å². The lowest BCUT2D eigenvalue weighted by atomic mass is 10.1. The summed E-state index contributed by atoms with van der Waals surface area (Å²) in [5.41, 5.74) is 1.59. The van der Waals surface area contributed by atoms with Gasteiger partial charge in [-0.3, -0.25) is 0 Å². The van der Waals surface area contributed by atoms with E-state index in [0.29, 0.717) is 17.8 Å². The van der Waals surface area contributed by atoms with E-state index in [1.807, 2.05) is 13.8 Å². The van der Waals surface area contributed by atoms with Crippen molar-refractivity contribution in [3.63, 3.8) is 0 Å². The molecule has 1 aromatic heterocycles. The Labute approximate surface area is 101 Å². The van der Waals surface area contributed by atoms with E-state index in [-0.39, 0.29) is 18.2 Å². The number of carbonyl (C=O) groups is 1. The number of hydrogen-bond donors (Lipinski definition) is 3. The molecule has 5 nitrogen and oxygen atoms in total. The molecule has 1 atom stereocenters. The number of anilines is 1. The van der Waals surface area contributed by atoms with Crippen LogP contribution in [0.5, 0.6) is 0 Å². The molecule has 5 heteroatoms. The third-order valence-corrected chi connectivity index (χ3v) is 2.61. The molecule has 0 saturated carbocycles. The highest BCUT2D eigenvalue weighted by molar-refractivity contribution is 5.94. The fourth-order valence-corrected chi connectivity index (χ4v) is 1.68. The first kappa shape index (κ1) is 13.4. The van der Waals surface area contributed by atoms with Gasteiger partial charge in [-0.15, -0.1) is 0 Å². The average Bonchev–Trinajstić information content (AvgIpc) is 2.24. The largest absolute Gasteiger partial charge is 0.478 e. The predicted molar refractivity (Wildman–Crippen MR) is 65.5 cm³/mol. The maximum atomic E-state index is 11.2. The molecular formula is C12H18N2O3. The first-order valence-corrected chi connectivity index (χ1v) is 5.58. The van der Waals surface area contributed by atoms with Crippen molar-refractivity contribution in [2.75, 3.05) is 11.9 Å². The fourth-order valence-electron chi connectivity index (χ4n) is 1.68. The Bertz CT molecular complexity index is 414. The summed E-state index contributed by atoms with van der Waals surface area (Å²) in [4.78, 5) is 15.4. The highest BCUT2D eigenvalue weighted by Crippen LogP contribution is 2.19. The van der Waals surface area contributed by atoms with E-state index >= 15 is 0 Å². The number of aliphatic hydroxyl groups is 1. The Balaban J connectivity index is 3.16. The van der Waals surface area contributed by atoms with Gasteiger partial charge in [-0.05, 0) is 31.9 Å². The normalized spacial score (nSPS) is 12.2. The van der Waals surface area contributed by atoms with Crippen LogP contribution < -0.4 is 5.32 Å². The Kier molecular flexibility index (Phi) is 4.45. The number of nitrogens with zero attached hydrogens (tertiary/aromatic N) is 1. The van der Waals surface area contributed by atoms with Crippen LogP contribution in [0.3, 0.4) is 0 Å². The van der Waals surface area contributed by atoms with Crippen LogP contribution >= 0.6 is 0 Å². The highest BCUT2D eigenvalue weighted by Gasteiger charge is 2.17. The van der Waals surface area contributed by atoms with E-state index in [9.17, 15) is 4.79 Å². The third-order valence-electron chi connectivity index (χ3n) is 2.61. The van der Waals surface area contributed by atoms with Gasteiger partial charge in [0.15, 0.2) is 0 Å². The summed E-state index contributed by atoms with van der Waals surface area (Å²) in [6.07, 6.45) is 0.699. The number of nitrogens with one attached hydrogen (secondary N) is 1. The minimum atomic E-state index is -1.01. The Hall–Kier alpha value is -1.62. The summed E-state index contributed by atoms with van der Waals surface area (Å²) in [6.45, 7) is 5.41. The van der Waals surface area contributed by atoms with Gasteiger partial charge in [-0.2, -0.15) is 0 Å². The van der Waals surface area contributed by atoms with Crippen molar-refractivity contribution in [3.8, 4) is 0 Å². The number of aliphatic hydroxyl groups excluding tert-OH is 1. The number of aromatic carboxylic acids is 1. The van der Waals surface area contributed by atoms with E-state index in [1.165, 1.54) is 0 Å². The second kappa shape index (κ2) is 5.63. The zero-order valence-electron chi connectivity index (χ0n) is 10.3. The van der Waals surface area contributed by atoms with Crippen LogP contribution in [0.25, 0.3) is 0 Å². The monoisotopic (exact) mass is 238 g/mol. The van der Waals surface area contributed by atoms with Crippen LogP contribution in [0, 0.1) is 13.8 Å². The standard InChI is InChI=1S/C12H18N2O3/c1-4-9(6-15)14-11-10(12(16)17)7(2)5-8(3)13-11/h5,9,15H,4,6H2,1-3H3,(H,13,14)(H,16,17). The quantitative estimate of drug-likeness (QED) is 0.725. The molecule has 0 amide bonds. The zero-order valence-corrected chi connectivity index (χ0v) is 10.3. The number of rotatable bonds is 5. The van der Waals surface area contributed by atoms with Crippen molar-refractivity contribution in [2.45, 2.75) is 33.2 Å². The van der Waals surface area contributed by atoms with Crippen LogP contribution in [-0.4, -0.2) is 33.8 Å². The molecule has 3 N–H and O–H groups in total. The van der Waals surface area contributed by atoms with Crippen molar-refractivity contribution >= 4 is 11.8 Å². The number of pyridine rings is 1. The summed E-state index contributed by atoms with van der Waals surface area (Å²) < 4.78 is 0. The van der Waals surface area contributed by atoms with Crippen LogP contribution in [0.15, 0.2) is 6.07 Å². The van der Waals surface area contributed by atoms with Crippen molar-refractivity contribution < 1.29 is 15.0 Å². The van der Waals surface area contributed by atoms with Gasteiger partial charge in [0.25, 0.3) is 0 Å². The van der Waals surface area contributed by atoms with Gasteiger partial charge in [0.2, 0.25) is 0 Å². The second-order valence-corrected chi connectivity index (χ2v) is 4.04. The minimum absolute atomic E-state index is 0.0514. The number of carboxylic acids is 1. The first-order valence-electron chi connectivity index (χ1n) is 5.58. The molecule has 0 radical (unpaired) electrons. The van der Waals surface area contributed by atoms with Gasteiger partial charge in [-0.25, -0.2) is 9.78 Å². The van der Waals surface area contributed by atoms with E-state index < -0.39 is 5.97 Å². The lowest BCUT2D eigenvalue weighted by molar-refractivity contribution is 0.0696. The molecule has 0 bridgehead atoms. The maximum Gasteiger partial charge on any atom is 0.339 e. The van der Waals surface area contributed by atoms with Gasteiger partial charge >= 0.3 is 5.97 Å². The summed E-state index contributed by atoms with van der Waals surface area (Å²) in [6, 6.07) is 1.55. The molecule has 0 aliphatic rings. The maximum absolute atomic E-state index is 11.2. The predicted octanol–water partition coefficient (Wildman–Crippen LogP) is 1.58. The van der Waals surface area contributed by atoms with Crippen molar-refractivity contribution in [1.82, 2.24) is 4.98 Å². The van der Waals surface area contributed by atoms with Gasteiger partial charge in [0.05, 0.1) is 12.6 Å². The molecule has 1 aromatic rings. The smallest absolute Gasteiger partial charge is 0.339 e. The van der Waals surface area contributed by atoms with Gasteiger partial charge < -0.3 is 15.5 Å². The Morgan fingerprint density at radius 1 is 1.53 bits per heavy atom. The van der Waals surface area contributed by atoms with Crippen LogP contribution in [0.1, 0.15) is 35.0 Å². The van der Waals surface area contributed by atoms with Gasteiger partial charge in [0, 0.05) is 5.69 Å².